The Bertz CT molecular complexity index is 691. The smallest absolute Gasteiger partial charge is 0.342 e. The second-order valence-corrected chi connectivity index (χ2v) is 4.32. The molecular weight excluding hydrogens is 258 g/mol. The van der Waals surface area contributed by atoms with E-state index in [9.17, 15) is 9.59 Å². The van der Waals surface area contributed by atoms with Crippen LogP contribution in [0.1, 0.15) is 18.1 Å². The minimum absolute atomic E-state index is 0.193. The van der Waals surface area contributed by atoms with Gasteiger partial charge in [0.25, 0.3) is 5.56 Å². The topological polar surface area (TPSA) is 108 Å². The van der Waals surface area contributed by atoms with Crippen molar-refractivity contribution >= 4 is 5.82 Å². The van der Waals surface area contributed by atoms with E-state index in [1.54, 1.807) is 4.90 Å². The molecule has 106 valence electrons. The summed E-state index contributed by atoms with van der Waals surface area (Å²) in [6.45, 7) is 3.44. The molecule has 4 N–H and O–H groups in total. The van der Waals surface area contributed by atoms with Gasteiger partial charge in [-0.05, 0) is 18.1 Å². The highest BCUT2D eigenvalue weighted by Gasteiger charge is 2.13. The van der Waals surface area contributed by atoms with Crippen molar-refractivity contribution in [2.45, 2.75) is 20.0 Å². The molecule has 20 heavy (non-hydrogen) atoms. The standard InChI is InChI=1S/C13H17N5O2/c1-2-18(11-12(19)15-13(20)17-16-11)8-10-6-4-3-5-9(10)7-14/h3-6H,2,7-8,14H2,1H3,(H2,15,17,19,20). The molecule has 0 saturated carbocycles. The van der Waals surface area contributed by atoms with Gasteiger partial charge in [0.15, 0.2) is 0 Å². The number of benzene rings is 1. The highest BCUT2D eigenvalue weighted by molar-refractivity contribution is 5.38. The number of hydrogen-bond acceptors (Lipinski definition) is 5. The Labute approximate surface area is 115 Å². The van der Waals surface area contributed by atoms with Crippen molar-refractivity contribution in [3.63, 3.8) is 0 Å². The zero-order valence-corrected chi connectivity index (χ0v) is 11.2. The van der Waals surface area contributed by atoms with Gasteiger partial charge in [-0.25, -0.2) is 9.89 Å². The van der Waals surface area contributed by atoms with Crippen LogP contribution in [0, 0.1) is 0 Å². The van der Waals surface area contributed by atoms with Crippen molar-refractivity contribution in [2.75, 3.05) is 11.4 Å². The Hall–Kier alpha value is -2.41. The van der Waals surface area contributed by atoms with Gasteiger partial charge < -0.3 is 10.6 Å². The zero-order chi connectivity index (χ0) is 14.5. The first-order chi connectivity index (χ1) is 9.65. The highest BCUT2D eigenvalue weighted by atomic mass is 16.2. The van der Waals surface area contributed by atoms with Crippen LogP contribution in [0.5, 0.6) is 0 Å². The van der Waals surface area contributed by atoms with Crippen LogP contribution in [-0.4, -0.2) is 21.7 Å². The molecule has 2 aromatic rings. The van der Waals surface area contributed by atoms with Gasteiger partial charge in [-0.1, -0.05) is 24.3 Å². The Morgan fingerprint density at radius 3 is 2.55 bits per heavy atom. The molecule has 0 aliphatic rings. The molecule has 1 aromatic carbocycles. The largest absolute Gasteiger partial charge is 0.347 e. The van der Waals surface area contributed by atoms with E-state index in [1.807, 2.05) is 31.2 Å². The zero-order valence-electron chi connectivity index (χ0n) is 11.2. The summed E-state index contributed by atoms with van der Waals surface area (Å²) in [5, 5.41) is 6.06. The maximum atomic E-state index is 11.8. The van der Waals surface area contributed by atoms with Crippen molar-refractivity contribution < 1.29 is 0 Å². The lowest BCUT2D eigenvalue weighted by Gasteiger charge is -2.21. The quantitative estimate of drug-likeness (QED) is 0.708. The third-order valence-corrected chi connectivity index (χ3v) is 3.07. The van der Waals surface area contributed by atoms with Gasteiger partial charge in [0.05, 0.1) is 0 Å². The molecule has 2 rings (SSSR count). The van der Waals surface area contributed by atoms with E-state index in [-0.39, 0.29) is 5.82 Å². The van der Waals surface area contributed by atoms with E-state index >= 15 is 0 Å². The van der Waals surface area contributed by atoms with Gasteiger partial charge in [-0.2, -0.15) is 0 Å². The Kier molecular flexibility index (Phi) is 4.31. The van der Waals surface area contributed by atoms with E-state index in [0.717, 1.165) is 11.1 Å². The number of aromatic amines is 2. The fourth-order valence-electron chi connectivity index (χ4n) is 2.01. The molecule has 0 radical (unpaired) electrons. The molecule has 7 nitrogen and oxygen atoms in total. The summed E-state index contributed by atoms with van der Waals surface area (Å²) < 4.78 is 0. The summed E-state index contributed by atoms with van der Waals surface area (Å²) in [5.41, 5.74) is 6.65. The van der Waals surface area contributed by atoms with Crippen molar-refractivity contribution in [2.24, 2.45) is 5.73 Å². The van der Waals surface area contributed by atoms with Crippen LogP contribution in [0.25, 0.3) is 0 Å². The van der Waals surface area contributed by atoms with Gasteiger partial charge in [0, 0.05) is 19.6 Å². The lowest BCUT2D eigenvalue weighted by atomic mass is 10.1. The van der Waals surface area contributed by atoms with E-state index in [0.29, 0.717) is 19.6 Å². The molecule has 1 aromatic heterocycles. The van der Waals surface area contributed by atoms with Gasteiger partial charge in [0.2, 0.25) is 5.82 Å². The summed E-state index contributed by atoms with van der Waals surface area (Å²) in [4.78, 5) is 26.7. The molecular formula is C13H17N5O2. The van der Waals surface area contributed by atoms with Gasteiger partial charge >= 0.3 is 5.69 Å². The first kappa shape index (κ1) is 14.0. The van der Waals surface area contributed by atoms with Crippen LogP contribution < -0.4 is 21.9 Å². The predicted molar refractivity (Wildman–Crippen MR) is 76.5 cm³/mol. The highest BCUT2D eigenvalue weighted by Crippen LogP contribution is 2.13. The average molecular weight is 275 g/mol. The summed E-state index contributed by atoms with van der Waals surface area (Å²) in [7, 11) is 0. The first-order valence-electron chi connectivity index (χ1n) is 6.36. The minimum Gasteiger partial charge on any atom is -0.347 e. The molecule has 0 saturated heterocycles. The third-order valence-electron chi connectivity index (χ3n) is 3.07. The Morgan fingerprint density at radius 2 is 1.95 bits per heavy atom. The average Bonchev–Trinajstić information content (AvgIpc) is 2.46. The monoisotopic (exact) mass is 275 g/mol. The van der Waals surface area contributed by atoms with Crippen molar-refractivity contribution in [3.8, 4) is 0 Å². The lowest BCUT2D eigenvalue weighted by molar-refractivity contribution is 0.759. The van der Waals surface area contributed by atoms with E-state index in [1.165, 1.54) is 0 Å². The normalized spacial score (nSPS) is 10.5. The second-order valence-electron chi connectivity index (χ2n) is 4.32. The number of H-pyrrole nitrogens is 2. The van der Waals surface area contributed by atoms with Crippen LogP contribution in [0.2, 0.25) is 0 Å². The number of nitrogens with zero attached hydrogens (tertiary/aromatic N) is 2. The molecule has 0 amide bonds. The number of nitrogens with one attached hydrogen (secondary N) is 2. The fraction of sp³-hybridized carbons (Fsp3) is 0.308. The molecule has 0 atom stereocenters. The van der Waals surface area contributed by atoms with Gasteiger partial charge in [-0.15, -0.1) is 5.10 Å². The number of aromatic nitrogens is 3. The molecule has 7 heteroatoms. The van der Waals surface area contributed by atoms with Crippen LogP contribution in [0.4, 0.5) is 5.82 Å². The maximum absolute atomic E-state index is 11.8. The molecule has 0 aliphatic carbocycles. The fourth-order valence-corrected chi connectivity index (χ4v) is 2.01. The minimum atomic E-state index is -0.614. The molecule has 0 spiro atoms. The number of rotatable bonds is 5. The number of nitrogens with two attached hydrogens (primary N) is 1. The Morgan fingerprint density at radius 1 is 1.25 bits per heavy atom. The maximum Gasteiger partial charge on any atom is 0.342 e. The predicted octanol–water partition coefficient (Wildman–Crippen LogP) is -0.0566. The number of anilines is 1. The van der Waals surface area contributed by atoms with Crippen molar-refractivity contribution in [3.05, 3.63) is 56.2 Å². The summed E-state index contributed by atoms with van der Waals surface area (Å²) in [5.74, 6) is 0.193. The summed E-state index contributed by atoms with van der Waals surface area (Å²) >= 11 is 0. The van der Waals surface area contributed by atoms with Crippen LogP contribution >= 0.6 is 0 Å². The molecule has 0 aliphatic heterocycles. The van der Waals surface area contributed by atoms with Crippen LogP contribution in [-0.2, 0) is 13.1 Å². The summed E-state index contributed by atoms with van der Waals surface area (Å²) in [6, 6.07) is 7.76. The SMILES string of the molecule is CCN(Cc1ccccc1CN)c1n[nH]c(=O)[nH]c1=O. The molecule has 0 bridgehead atoms. The van der Waals surface area contributed by atoms with E-state index in [2.05, 4.69) is 15.2 Å². The first-order valence-corrected chi connectivity index (χ1v) is 6.36. The lowest BCUT2D eigenvalue weighted by Crippen LogP contribution is -2.34. The van der Waals surface area contributed by atoms with Gasteiger partial charge in [-0.3, -0.25) is 9.78 Å². The molecule has 0 unspecified atom stereocenters. The number of hydrogen-bond donors (Lipinski definition) is 3. The third kappa shape index (κ3) is 2.94. The van der Waals surface area contributed by atoms with Crippen LogP contribution in [0.15, 0.2) is 33.9 Å². The molecule has 1 heterocycles. The van der Waals surface area contributed by atoms with Crippen molar-refractivity contribution in [1.82, 2.24) is 15.2 Å². The molecule has 0 fully saturated rings. The van der Waals surface area contributed by atoms with Crippen LogP contribution in [0.3, 0.4) is 0 Å². The van der Waals surface area contributed by atoms with E-state index < -0.39 is 11.2 Å². The van der Waals surface area contributed by atoms with Gasteiger partial charge in [0.1, 0.15) is 0 Å². The van der Waals surface area contributed by atoms with Crippen molar-refractivity contribution in [1.29, 1.82) is 0 Å². The summed E-state index contributed by atoms with van der Waals surface area (Å²) in [6.07, 6.45) is 0. The Balaban J connectivity index is 2.33. The van der Waals surface area contributed by atoms with E-state index in [4.69, 9.17) is 5.73 Å². The second kappa shape index (κ2) is 6.16.